The second-order valence-corrected chi connectivity index (χ2v) is 10.5. The molecular weight excluding hydrogens is 504 g/mol. The molecule has 0 bridgehead atoms. The molecule has 2 aromatic carbocycles. The zero-order chi connectivity index (χ0) is 24.8. The summed E-state index contributed by atoms with van der Waals surface area (Å²) in [5, 5.41) is 11.5. The van der Waals surface area contributed by atoms with Gasteiger partial charge in [0.15, 0.2) is 0 Å². The van der Waals surface area contributed by atoms with Crippen molar-refractivity contribution in [2.45, 2.75) is 57.2 Å². The van der Waals surface area contributed by atoms with E-state index in [1.807, 2.05) is 49.3 Å². The number of aromatic nitrogens is 2. The molecule has 1 aliphatic rings. The standard InChI is InChI=1S/C27H35BrN6O/c1-18(35)30-23(16-19-8-10-20(28)11-9-19)17-29-21-12-14-22(15-13-21)31-27-32-25-7-5-4-6-24(25)26(33-27)34(2)3/h4-11,21-23,29H,12-17H2,1-3H3,(H,30,35)(H,31,32,33). The molecular formula is C27H35BrN6O. The van der Waals surface area contributed by atoms with Crippen LogP contribution < -0.4 is 20.9 Å². The predicted molar refractivity (Wildman–Crippen MR) is 147 cm³/mol. The number of fused-ring (bicyclic) bond motifs is 1. The number of amides is 1. The predicted octanol–water partition coefficient (Wildman–Crippen LogP) is 4.52. The Bertz CT molecular complexity index is 1130. The summed E-state index contributed by atoms with van der Waals surface area (Å²) in [4.78, 5) is 23.3. The van der Waals surface area contributed by atoms with E-state index < -0.39 is 0 Å². The average Bonchev–Trinajstić information content (AvgIpc) is 2.84. The fraction of sp³-hybridized carbons (Fsp3) is 0.444. The van der Waals surface area contributed by atoms with Crippen molar-refractivity contribution >= 4 is 44.5 Å². The van der Waals surface area contributed by atoms with Crippen molar-refractivity contribution in [2.24, 2.45) is 0 Å². The van der Waals surface area contributed by atoms with Gasteiger partial charge in [-0.1, -0.05) is 40.2 Å². The maximum absolute atomic E-state index is 11.7. The van der Waals surface area contributed by atoms with Gasteiger partial charge in [0.1, 0.15) is 5.82 Å². The Balaban J connectivity index is 1.30. The van der Waals surface area contributed by atoms with Crippen LogP contribution in [0.4, 0.5) is 11.8 Å². The lowest BCUT2D eigenvalue weighted by Gasteiger charge is -2.31. The molecule has 7 nitrogen and oxygen atoms in total. The van der Waals surface area contributed by atoms with Crippen molar-refractivity contribution < 1.29 is 4.79 Å². The molecule has 0 spiro atoms. The van der Waals surface area contributed by atoms with Gasteiger partial charge in [0.25, 0.3) is 0 Å². The summed E-state index contributed by atoms with van der Waals surface area (Å²) in [7, 11) is 4.03. The zero-order valence-electron chi connectivity index (χ0n) is 20.7. The molecule has 3 aromatic rings. The number of carbonyl (C=O) groups excluding carboxylic acids is 1. The fourth-order valence-electron chi connectivity index (χ4n) is 4.77. The van der Waals surface area contributed by atoms with E-state index in [9.17, 15) is 4.79 Å². The van der Waals surface area contributed by atoms with Crippen molar-refractivity contribution in [1.29, 1.82) is 0 Å². The molecule has 1 aliphatic carbocycles. The van der Waals surface area contributed by atoms with E-state index in [1.54, 1.807) is 6.92 Å². The van der Waals surface area contributed by atoms with Gasteiger partial charge in [0.05, 0.1) is 5.52 Å². The number of halogens is 1. The minimum atomic E-state index is 0.00861. The van der Waals surface area contributed by atoms with E-state index in [2.05, 4.69) is 50.1 Å². The van der Waals surface area contributed by atoms with Crippen LogP contribution in [0.25, 0.3) is 10.9 Å². The van der Waals surface area contributed by atoms with Crippen LogP contribution in [0.15, 0.2) is 53.0 Å². The van der Waals surface area contributed by atoms with E-state index in [1.165, 1.54) is 5.56 Å². The number of rotatable bonds is 9. The van der Waals surface area contributed by atoms with Crippen LogP contribution in [0.5, 0.6) is 0 Å². The fourth-order valence-corrected chi connectivity index (χ4v) is 5.03. The Hall–Kier alpha value is -2.71. The third kappa shape index (κ3) is 7.15. The normalized spacial score (nSPS) is 18.7. The maximum Gasteiger partial charge on any atom is 0.225 e. The van der Waals surface area contributed by atoms with Crippen molar-refractivity contribution in [3.63, 3.8) is 0 Å². The van der Waals surface area contributed by atoms with Gasteiger partial charge < -0.3 is 20.9 Å². The highest BCUT2D eigenvalue weighted by Crippen LogP contribution is 2.26. The molecule has 35 heavy (non-hydrogen) atoms. The summed E-state index contributed by atoms with van der Waals surface area (Å²) in [5.41, 5.74) is 2.17. The molecule has 1 aromatic heterocycles. The van der Waals surface area contributed by atoms with Crippen LogP contribution in [0, 0.1) is 0 Å². The third-order valence-corrected chi connectivity index (χ3v) is 7.05. The summed E-state index contributed by atoms with van der Waals surface area (Å²) in [6, 6.07) is 17.3. The number of nitrogens with one attached hydrogen (secondary N) is 3. The van der Waals surface area contributed by atoms with Crippen molar-refractivity contribution in [3.05, 3.63) is 58.6 Å². The van der Waals surface area contributed by atoms with Gasteiger partial charge in [0, 0.05) is 55.5 Å². The third-order valence-electron chi connectivity index (χ3n) is 6.52. The lowest BCUT2D eigenvalue weighted by Crippen LogP contribution is -2.46. The van der Waals surface area contributed by atoms with Crippen molar-refractivity contribution in [3.8, 4) is 0 Å². The number of para-hydroxylation sites is 1. The Kier molecular flexibility index (Phi) is 8.57. The Morgan fingerprint density at radius 3 is 2.40 bits per heavy atom. The summed E-state index contributed by atoms with van der Waals surface area (Å²) < 4.78 is 1.06. The van der Waals surface area contributed by atoms with Crippen LogP contribution in [0.3, 0.4) is 0 Å². The molecule has 1 saturated carbocycles. The number of hydrogen-bond acceptors (Lipinski definition) is 6. The Morgan fingerprint density at radius 2 is 1.71 bits per heavy atom. The SMILES string of the molecule is CC(=O)NC(CNC1CCC(Nc2nc(N(C)C)c3ccccc3n2)CC1)Cc1ccc(Br)cc1. The first-order valence-corrected chi connectivity index (χ1v) is 13.1. The molecule has 1 fully saturated rings. The van der Waals surface area contributed by atoms with Gasteiger partial charge in [-0.15, -0.1) is 0 Å². The summed E-state index contributed by atoms with van der Waals surface area (Å²) in [6.07, 6.45) is 5.09. The topological polar surface area (TPSA) is 82.2 Å². The molecule has 0 aliphatic heterocycles. The van der Waals surface area contributed by atoms with Crippen LogP contribution in [0.1, 0.15) is 38.2 Å². The minimum absolute atomic E-state index is 0.00861. The van der Waals surface area contributed by atoms with E-state index in [0.29, 0.717) is 18.0 Å². The molecule has 0 saturated heterocycles. The van der Waals surface area contributed by atoms with Gasteiger partial charge in [0.2, 0.25) is 11.9 Å². The number of carbonyl (C=O) groups is 1. The van der Waals surface area contributed by atoms with Gasteiger partial charge in [-0.05, 0) is 61.9 Å². The van der Waals surface area contributed by atoms with E-state index in [-0.39, 0.29) is 11.9 Å². The summed E-state index contributed by atoms with van der Waals surface area (Å²) >= 11 is 3.48. The Morgan fingerprint density at radius 1 is 1.03 bits per heavy atom. The molecule has 1 atom stereocenters. The molecule has 3 N–H and O–H groups in total. The van der Waals surface area contributed by atoms with Crippen LogP contribution in [-0.2, 0) is 11.2 Å². The second-order valence-electron chi connectivity index (χ2n) is 9.61. The lowest BCUT2D eigenvalue weighted by molar-refractivity contribution is -0.119. The monoisotopic (exact) mass is 538 g/mol. The molecule has 1 heterocycles. The number of benzene rings is 2. The summed E-state index contributed by atoms with van der Waals surface area (Å²) in [5.74, 6) is 1.64. The highest BCUT2D eigenvalue weighted by Gasteiger charge is 2.23. The van der Waals surface area contributed by atoms with E-state index in [0.717, 1.165) is 59.8 Å². The first-order valence-electron chi connectivity index (χ1n) is 12.3. The molecule has 186 valence electrons. The second kappa shape index (κ2) is 11.8. The molecule has 0 radical (unpaired) electrons. The quantitative estimate of drug-likeness (QED) is 0.371. The number of hydrogen-bond donors (Lipinski definition) is 3. The largest absolute Gasteiger partial charge is 0.362 e. The first-order chi connectivity index (χ1) is 16.9. The van der Waals surface area contributed by atoms with E-state index in [4.69, 9.17) is 9.97 Å². The van der Waals surface area contributed by atoms with Gasteiger partial charge in [-0.2, -0.15) is 4.98 Å². The van der Waals surface area contributed by atoms with Crippen LogP contribution >= 0.6 is 15.9 Å². The highest BCUT2D eigenvalue weighted by molar-refractivity contribution is 9.10. The van der Waals surface area contributed by atoms with Gasteiger partial charge >= 0.3 is 0 Å². The van der Waals surface area contributed by atoms with Gasteiger partial charge in [-0.3, -0.25) is 4.79 Å². The summed E-state index contributed by atoms with van der Waals surface area (Å²) in [6.45, 7) is 2.35. The molecule has 4 rings (SSSR count). The zero-order valence-corrected chi connectivity index (χ0v) is 22.3. The first kappa shape index (κ1) is 25.4. The van der Waals surface area contributed by atoms with Crippen molar-refractivity contribution in [2.75, 3.05) is 30.9 Å². The molecule has 1 unspecified atom stereocenters. The van der Waals surface area contributed by atoms with Crippen LogP contribution in [-0.4, -0.2) is 54.6 Å². The van der Waals surface area contributed by atoms with E-state index >= 15 is 0 Å². The lowest BCUT2D eigenvalue weighted by atomic mass is 9.91. The van der Waals surface area contributed by atoms with Gasteiger partial charge in [-0.25, -0.2) is 4.98 Å². The number of anilines is 2. The minimum Gasteiger partial charge on any atom is -0.362 e. The van der Waals surface area contributed by atoms with Crippen molar-refractivity contribution in [1.82, 2.24) is 20.6 Å². The highest BCUT2D eigenvalue weighted by atomic mass is 79.9. The maximum atomic E-state index is 11.7. The molecule has 8 heteroatoms. The van der Waals surface area contributed by atoms with Crippen LogP contribution in [0.2, 0.25) is 0 Å². The Labute approximate surface area is 216 Å². The average molecular weight is 540 g/mol. The molecule has 1 amide bonds. The smallest absolute Gasteiger partial charge is 0.225 e. The number of nitrogens with zero attached hydrogens (tertiary/aromatic N) is 3.